The van der Waals surface area contributed by atoms with Gasteiger partial charge in [-0.25, -0.2) is 9.13 Å². The van der Waals surface area contributed by atoms with Crippen LogP contribution < -0.4 is 0 Å². The highest BCUT2D eigenvalue weighted by molar-refractivity contribution is 7.47. The minimum atomic E-state index is -4.93. The molecule has 0 fully saturated rings. The second-order valence-corrected chi connectivity index (χ2v) is 28.0. The zero-order chi connectivity index (χ0) is 70.9. The molecular weight excluding hydrogens is 1270 g/mol. The van der Waals surface area contributed by atoms with Gasteiger partial charge >= 0.3 is 33.6 Å². The highest BCUT2D eigenvalue weighted by atomic mass is 31.2. The Morgan fingerprint density at radius 3 is 0.907 bits per heavy atom. The number of hydrogen-bond donors (Lipinski definition) is 4. The van der Waals surface area contributed by atoms with Gasteiger partial charge in [0.1, 0.15) is 25.4 Å². The Kier molecular flexibility index (Phi) is 68.8. The smallest absolute Gasteiger partial charge is 0.463 e. The van der Waals surface area contributed by atoms with E-state index in [-0.39, 0.29) is 19.3 Å². The maximum atomic E-state index is 12.9. The van der Waals surface area contributed by atoms with Crippen molar-refractivity contribution in [2.75, 3.05) is 39.6 Å². The van der Waals surface area contributed by atoms with Crippen molar-refractivity contribution in [1.82, 2.24) is 0 Å². The summed E-state index contributed by atoms with van der Waals surface area (Å²) in [6, 6.07) is 0. The van der Waals surface area contributed by atoms with E-state index < -0.39 is 91.5 Å². The summed E-state index contributed by atoms with van der Waals surface area (Å²) >= 11 is 0. The number of phosphoric acid groups is 2. The molecule has 0 aliphatic rings. The topological polar surface area (TPSA) is 231 Å². The van der Waals surface area contributed by atoms with Gasteiger partial charge in [0.2, 0.25) is 0 Å². The van der Waals surface area contributed by atoms with E-state index in [9.17, 15) is 43.5 Å². The van der Waals surface area contributed by atoms with E-state index in [1.165, 1.54) is 83.5 Å². The van der Waals surface area contributed by atoms with Crippen molar-refractivity contribution in [3.05, 3.63) is 122 Å². The number of allylic oxidation sites excluding steroid dienone is 20. The molecule has 0 heterocycles. The summed E-state index contributed by atoms with van der Waals surface area (Å²) in [7, 11) is -9.79. The molecule has 0 amide bonds. The normalized spacial score (nSPS) is 14.8. The maximum Gasteiger partial charge on any atom is 0.472 e. The molecule has 16 nitrogen and oxygen atoms in total. The van der Waals surface area contributed by atoms with Gasteiger partial charge in [0.15, 0.2) is 6.10 Å². The van der Waals surface area contributed by atoms with Crippen LogP contribution in [0.2, 0.25) is 0 Å². The third kappa shape index (κ3) is 73.0. The quantitative estimate of drug-likeness (QED) is 0.0146. The first-order valence-corrected chi connectivity index (χ1v) is 40.8. The summed E-state index contributed by atoms with van der Waals surface area (Å²) in [6.07, 6.45) is 84.1. The Morgan fingerprint density at radius 1 is 0.299 bits per heavy atom. The molecule has 5 atom stereocenters. The predicted molar refractivity (Wildman–Crippen MR) is 399 cm³/mol. The minimum Gasteiger partial charge on any atom is -0.463 e. The first kappa shape index (κ1) is 93.0. The summed E-state index contributed by atoms with van der Waals surface area (Å²) in [5.41, 5.74) is 0. The lowest BCUT2D eigenvalue weighted by Crippen LogP contribution is -2.30. The molecule has 0 aliphatic carbocycles. The van der Waals surface area contributed by atoms with Crippen LogP contribution >= 0.6 is 15.6 Å². The molecule has 0 spiro atoms. The third-order valence-corrected chi connectivity index (χ3v) is 17.5. The SMILES string of the molecule is CC/C=C\C/C=C\C/C=C\C/C=C\C/C=C\C/C=C\CCCCCCCCCCCCCCCCC(=O)OCC(O)COP(=O)(O)OCC(O)COP(=O)(O)OCC(COC(=O)CCCCCCC/C=C\C/C=C\CCCCC)OC(=O)CCCCCCC/C=C\C/C=C\CCC. The van der Waals surface area contributed by atoms with E-state index >= 15 is 0 Å². The van der Waals surface area contributed by atoms with Crippen LogP contribution in [0.3, 0.4) is 0 Å². The van der Waals surface area contributed by atoms with E-state index in [4.69, 9.17) is 32.3 Å². The number of phosphoric ester groups is 2. The zero-order valence-corrected chi connectivity index (χ0v) is 62.5. The molecule has 0 bridgehead atoms. The number of rotatable bonds is 71. The number of aliphatic hydroxyl groups is 2. The second kappa shape index (κ2) is 71.8. The molecule has 5 unspecified atom stereocenters. The first-order chi connectivity index (χ1) is 47.2. The molecule has 0 aliphatic heterocycles. The Balaban J connectivity index is 4.39. The Hall–Kier alpha value is -4.05. The van der Waals surface area contributed by atoms with Gasteiger partial charge in [-0.05, 0) is 128 Å². The highest BCUT2D eigenvalue weighted by Crippen LogP contribution is 2.45. The number of unbranched alkanes of at least 4 members (excludes halogenated alkanes) is 28. The fraction of sp³-hybridized carbons (Fsp3) is 0.709. The fourth-order valence-electron chi connectivity index (χ4n) is 9.88. The number of aliphatic hydroxyl groups excluding tert-OH is 2. The summed E-state index contributed by atoms with van der Waals surface area (Å²) < 4.78 is 60.9. The van der Waals surface area contributed by atoms with Gasteiger partial charge < -0.3 is 34.2 Å². The summed E-state index contributed by atoms with van der Waals surface area (Å²) in [5, 5.41) is 20.6. The van der Waals surface area contributed by atoms with Crippen molar-refractivity contribution < 1.29 is 75.8 Å². The van der Waals surface area contributed by atoms with Crippen LogP contribution in [0, 0.1) is 0 Å². The molecule has 97 heavy (non-hydrogen) atoms. The van der Waals surface area contributed by atoms with Crippen molar-refractivity contribution in [2.24, 2.45) is 0 Å². The van der Waals surface area contributed by atoms with Crippen LogP contribution in [-0.2, 0) is 55.8 Å². The number of carbonyl (C=O) groups is 3. The van der Waals surface area contributed by atoms with Gasteiger partial charge in [0.05, 0.1) is 26.4 Å². The molecular formula is C79H136O16P2. The van der Waals surface area contributed by atoms with Crippen molar-refractivity contribution in [2.45, 2.75) is 322 Å². The van der Waals surface area contributed by atoms with E-state index in [1.807, 2.05) is 0 Å². The van der Waals surface area contributed by atoms with Crippen LogP contribution in [0.1, 0.15) is 303 Å². The number of carbonyl (C=O) groups excluding carboxylic acids is 3. The largest absolute Gasteiger partial charge is 0.472 e. The van der Waals surface area contributed by atoms with Gasteiger partial charge in [0.25, 0.3) is 0 Å². The summed E-state index contributed by atoms with van der Waals surface area (Å²) in [5.74, 6) is -1.61. The van der Waals surface area contributed by atoms with Crippen LogP contribution in [0.5, 0.6) is 0 Å². The Morgan fingerprint density at radius 2 is 0.567 bits per heavy atom. The minimum absolute atomic E-state index is 0.0846. The van der Waals surface area contributed by atoms with Crippen LogP contribution in [0.4, 0.5) is 0 Å². The van der Waals surface area contributed by atoms with Crippen LogP contribution in [0.15, 0.2) is 122 Å². The average Bonchev–Trinajstić information content (AvgIpc) is 1.49. The predicted octanol–water partition coefficient (Wildman–Crippen LogP) is 21.8. The van der Waals surface area contributed by atoms with Gasteiger partial charge in [-0.3, -0.25) is 32.5 Å². The first-order valence-electron chi connectivity index (χ1n) is 37.8. The van der Waals surface area contributed by atoms with Crippen LogP contribution in [0.25, 0.3) is 0 Å². The van der Waals surface area contributed by atoms with E-state index in [1.54, 1.807) is 0 Å². The molecule has 558 valence electrons. The monoisotopic (exact) mass is 1400 g/mol. The molecule has 18 heteroatoms. The highest BCUT2D eigenvalue weighted by Gasteiger charge is 2.29. The molecule has 4 N–H and O–H groups in total. The van der Waals surface area contributed by atoms with Crippen molar-refractivity contribution in [3.63, 3.8) is 0 Å². The van der Waals surface area contributed by atoms with Gasteiger partial charge in [-0.1, -0.05) is 277 Å². The maximum absolute atomic E-state index is 12.9. The van der Waals surface area contributed by atoms with Crippen molar-refractivity contribution in [3.8, 4) is 0 Å². The second-order valence-electron chi connectivity index (χ2n) is 25.1. The Labute approximate surface area is 589 Å². The zero-order valence-electron chi connectivity index (χ0n) is 60.7. The standard InChI is InChI=1S/C79H136O16P2/c1-4-7-10-13-16-19-22-25-27-28-29-30-31-32-33-34-35-36-37-38-39-40-41-42-43-44-46-49-50-53-56-59-62-65-77(82)89-68-74(80)69-91-96(85,86)92-70-75(81)71-93-97(87,88)94-73-76(95-79(84)67-64-61-58-55-52-47-24-21-18-15-12-9-6-3)72-90-78(83)66-63-60-57-54-51-48-45-26-23-20-17-14-11-8-5-2/h7,10,12,15-17,19-21,24-27,29-30,32-33,35-36,45,74-76,80-81H,4-6,8-9,11,13-14,18,22-23,28,31,34,37-44,46-73H2,1-3H3,(H,85,86)(H,87,88)/b10-7-,15-12-,19-16-,20-17-,24-21-,27-25-,30-29-,33-32-,36-35-,45-26-. The summed E-state index contributed by atoms with van der Waals surface area (Å²) in [4.78, 5) is 58.4. The summed E-state index contributed by atoms with van der Waals surface area (Å²) in [6.45, 7) is 2.44. The number of esters is 3. The number of hydrogen-bond acceptors (Lipinski definition) is 14. The number of ether oxygens (including phenoxy) is 3. The molecule has 0 aromatic rings. The average molecular weight is 1400 g/mol. The molecule has 0 aromatic carbocycles. The van der Waals surface area contributed by atoms with Crippen LogP contribution in [-0.4, -0.2) is 95.9 Å². The molecule has 0 rings (SSSR count). The molecule has 0 saturated carbocycles. The lowest BCUT2D eigenvalue weighted by Gasteiger charge is -2.21. The van der Waals surface area contributed by atoms with E-state index in [0.29, 0.717) is 19.3 Å². The van der Waals surface area contributed by atoms with E-state index in [2.05, 4.69) is 142 Å². The van der Waals surface area contributed by atoms with Gasteiger partial charge in [-0.15, -0.1) is 0 Å². The van der Waals surface area contributed by atoms with Crippen molar-refractivity contribution in [1.29, 1.82) is 0 Å². The molecule has 0 aromatic heterocycles. The molecule has 0 radical (unpaired) electrons. The van der Waals surface area contributed by atoms with E-state index in [0.717, 1.165) is 161 Å². The molecule has 0 saturated heterocycles. The van der Waals surface area contributed by atoms with Gasteiger partial charge in [-0.2, -0.15) is 0 Å². The fourth-order valence-corrected chi connectivity index (χ4v) is 11.5. The Bertz CT molecular complexity index is 2250. The third-order valence-electron chi connectivity index (χ3n) is 15.6. The van der Waals surface area contributed by atoms with Gasteiger partial charge in [0, 0.05) is 19.3 Å². The lowest BCUT2D eigenvalue weighted by atomic mass is 10.0. The van der Waals surface area contributed by atoms with Crippen molar-refractivity contribution >= 4 is 33.6 Å². The lowest BCUT2D eigenvalue weighted by molar-refractivity contribution is -0.161.